The van der Waals surface area contributed by atoms with Crippen LogP contribution in [0, 0.1) is 6.92 Å². The fourth-order valence-electron chi connectivity index (χ4n) is 1.44. The molecule has 0 saturated carbocycles. The molecule has 68 valence electrons. The maximum atomic E-state index is 5.55. The molecule has 13 heavy (non-hydrogen) atoms. The van der Waals surface area contributed by atoms with Crippen molar-refractivity contribution in [2.75, 3.05) is 18.6 Å². The normalized spacial score (nSPS) is 15.2. The molecule has 0 N–H and O–H groups in total. The molecule has 2 nitrogen and oxygen atoms in total. The van der Waals surface area contributed by atoms with Crippen molar-refractivity contribution in [3.05, 3.63) is 36.0 Å². The van der Waals surface area contributed by atoms with Gasteiger partial charge >= 0.3 is 0 Å². The summed E-state index contributed by atoms with van der Waals surface area (Å²) in [4.78, 5) is 2.07. The van der Waals surface area contributed by atoms with E-state index in [1.54, 1.807) is 0 Å². The molecule has 0 aliphatic carbocycles. The molecule has 0 aromatic heterocycles. The Morgan fingerprint density at radius 3 is 3.00 bits per heavy atom. The maximum Gasteiger partial charge on any atom is 0.143 e. The molecule has 0 atom stereocenters. The van der Waals surface area contributed by atoms with Crippen LogP contribution >= 0.6 is 0 Å². The highest BCUT2D eigenvalue weighted by Gasteiger charge is 2.17. The fraction of sp³-hybridized carbons (Fsp3) is 0.273. The summed E-state index contributed by atoms with van der Waals surface area (Å²) in [5.74, 6) is 0.954. The number of hydrogen-bond acceptors (Lipinski definition) is 2. The van der Waals surface area contributed by atoms with Crippen LogP contribution < -0.4 is 9.64 Å². The first kappa shape index (κ1) is 8.17. The average molecular weight is 175 g/mol. The SMILES string of the molecule is C=C1COc2cc(C)ccc2N1C. The first-order valence-corrected chi connectivity index (χ1v) is 4.33. The predicted molar refractivity (Wildman–Crippen MR) is 54.2 cm³/mol. The van der Waals surface area contributed by atoms with Crippen molar-refractivity contribution in [3.63, 3.8) is 0 Å². The van der Waals surface area contributed by atoms with E-state index in [0.29, 0.717) is 6.61 Å². The summed E-state index contributed by atoms with van der Waals surface area (Å²) in [6, 6.07) is 6.20. The summed E-state index contributed by atoms with van der Waals surface area (Å²) in [5, 5.41) is 0. The van der Waals surface area contributed by atoms with Crippen molar-refractivity contribution < 1.29 is 4.74 Å². The highest BCUT2D eigenvalue weighted by atomic mass is 16.5. The van der Waals surface area contributed by atoms with Crippen molar-refractivity contribution >= 4 is 5.69 Å². The quantitative estimate of drug-likeness (QED) is 0.600. The molecule has 1 aliphatic heterocycles. The number of hydrogen-bond donors (Lipinski definition) is 0. The number of ether oxygens (including phenoxy) is 1. The van der Waals surface area contributed by atoms with Gasteiger partial charge in [-0.15, -0.1) is 0 Å². The number of anilines is 1. The molecule has 0 unspecified atom stereocenters. The summed E-state index contributed by atoms with van der Waals surface area (Å²) in [5.41, 5.74) is 3.32. The lowest BCUT2D eigenvalue weighted by atomic mass is 10.1. The summed E-state index contributed by atoms with van der Waals surface area (Å²) < 4.78 is 5.55. The van der Waals surface area contributed by atoms with E-state index in [1.807, 2.05) is 7.05 Å². The van der Waals surface area contributed by atoms with E-state index in [0.717, 1.165) is 17.1 Å². The zero-order chi connectivity index (χ0) is 9.42. The minimum absolute atomic E-state index is 0.590. The van der Waals surface area contributed by atoms with Crippen LogP contribution in [-0.2, 0) is 0 Å². The summed E-state index contributed by atoms with van der Waals surface area (Å²) in [6.07, 6.45) is 0. The first-order chi connectivity index (χ1) is 6.18. The lowest BCUT2D eigenvalue weighted by molar-refractivity contribution is 0.338. The zero-order valence-electron chi connectivity index (χ0n) is 8.00. The van der Waals surface area contributed by atoms with Crippen molar-refractivity contribution in [3.8, 4) is 5.75 Å². The van der Waals surface area contributed by atoms with Gasteiger partial charge in [0.05, 0.1) is 5.69 Å². The number of aryl methyl sites for hydroxylation is 1. The van der Waals surface area contributed by atoms with Gasteiger partial charge in [-0.3, -0.25) is 0 Å². The van der Waals surface area contributed by atoms with Crippen molar-refractivity contribution in [2.45, 2.75) is 6.92 Å². The standard InChI is InChI=1S/C11H13NO/c1-8-4-5-10-11(6-8)13-7-9(2)12(10)3/h4-6H,2,7H2,1,3H3. The van der Waals surface area contributed by atoms with Crippen LogP contribution in [0.25, 0.3) is 0 Å². The van der Waals surface area contributed by atoms with E-state index in [4.69, 9.17) is 4.74 Å². The maximum absolute atomic E-state index is 5.55. The second-order valence-electron chi connectivity index (χ2n) is 3.39. The van der Waals surface area contributed by atoms with E-state index >= 15 is 0 Å². The Morgan fingerprint density at radius 2 is 2.23 bits per heavy atom. The summed E-state index contributed by atoms with van der Waals surface area (Å²) in [6.45, 7) is 6.57. The zero-order valence-corrected chi connectivity index (χ0v) is 8.00. The third kappa shape index (κ3) is 1.28. The van der Waals surface area contributed by atoms with Gasteiger partial charge in [0, 0.05) is 12.7 Å². The molecule has 2 heteroatoms. The molecule has 0 saturated heterocycles. The topological polar surface area (TPSA) is 12.5 Å². The number of nitrogens with zero attached hydrogens (tertiary/aromatic N) is 1. The molecule has 0 fully saturated rings. The van der Waals surface area contributed by atoms with Gasteiger partial charge in [-0.05, 0) is 24.6 Å². The Labute approximate surface area is 78.4 Å². The summed E-state index contributed by atoms with van der Waals surface area (Å²) >= 11 is 0. The lowest BCUT2D eigenvalue weighted by Gasteiger charge is -2.29. The van der Waals surface area contributed by atoms with Crippen molar-refractivity contribution in [1.29, 1.82) is 0 Å². The van der Waals surface area contributed by atoms with Gasteiger partial charge in [-0.1, -0.05) is 12.6 Å². The van der Waals surface area contributed by atoms with E-state index in [-0.39, 0.29) is 0 Å². The van der Waals surface area contributed by atoms with Gasteiger partial charge in [0.2, 0.25) is 0 Å². The lowest BCUT2D eigenvalue weighted by Crippen LogP contribution is -2.25. The second-order valence-corrected chi connectivity index (χ2v) is 3.39. The second kappa shape index (κ2) is 2.80. The minimum atomic E-state index is 0.590. The molecular weight excluding hydrogens is 162 g/mol. The predicted octanol–water partition coefficient (Wildman–Crippen LogP) is 2.34. The number of likely N-dealkylation sites (N-methyl/N-ethyl adjacent to an activating group) is 1. The highest BCUT2D eigenvalue weighted by Crippen LogP contribution is 2.34. The Hall–Kier alpha value is -1.44. The molecule has 0 bridgehead atoms. The Bertz CT molecular complexity index is 357. The Balaban J connectivity index is 2.49. The summed E-state index contributed by atoms with van der Waals surface area (Å²) in [7, 11) is 2.01. The van der Waals surface area contributed by atoms with Gasteiger partial charge in [0.25, 0.3) is 0 Å². The number of benzene rings is 1. The molecule has 0 amide bonds. The highest BCUT2D eigenvalue weighted by molar-refractivity contribution is 5.64. The third-order valence-electron chi connectivity index (χ3n) is 2.35. The molecule has 1 aliphatic rings. The van der Waals surface area contributed by atoms with Crippen LogP contribution in [0.3, 0.4) is 0 Å². The first-order valence-electron chi connectivity index (χ1n) is 4.33. The van der Waals surface area contributed by atoms with Gasteiger partial charge in [0.15, 0.2) is 0 Å². The van der Waals surface area contributed by atoms with Crippen LogP contribution in [0.2, 0.25) is 0 Å². The van der Waals surface area contributed by atoms with Crippen molar-refractivity contribution in [2.24, 2.45) is 0 Å². The third-order valence-corrected chi connectivity index (χ3v) is 2.35. The average Bonchev–Trinajstić information content (AvgIpc) is 2.12. The largest absolute Gasteiger partial charge is 0.485 e. The van der Waals surface area contributed by atoms with E-state index < -0.39 is 0 Å². The number of rotatable bonds is 0. The van der Waals surface area contributed by atoms with Gasteiger partial charge < -0.3 is 9.64 Å². The van der Waals surface area contributed by atoms with Crippen LogP contribution in [0.15, 0.2) is 30.5 Å². The van der Waals surface area contributed by atoms with E-state index in [1.165, 1.54) is 5.56 Å². The van der Waals surface area contributed by atoms with Crippen molar-refractivity contribution in [1.82, 2.24) is 0 Å². The van der Waals surface area contributed by atoms with Gasteiger partial charge in [-0.2, -0.15) is 0 Å². The minimum Gasteiger partial charge on any atom is -0.485 e. The van der Waals surface area contributed by atoms with Crippen LogP contribution in [0.4, 0.5) is 5.69 Å². The molecule has 0 spiro atoms. The number of fused-ring (bicyclic) bond motifs is 1. The van der Waals surface area contributed by atoms with Gasteiger partial charge in [-0.25, -0.2) is 0 Å². The Kier molecular flexibility index (Phi) is 1.76. The van der Waals surface area contributed by atoms with Gasteiger partial charge in [0.1, 0.15) is 12.4 Å². The Morgan fingerprint density at radius 1 is 1.46 bits per heavy atom. The molecular formula is C11H13NO. The van der Waals surface area contributed by atoms with Crippen LogP contribution in [0.1, 0.15) is 5.56 Å². The molecule has 1 aromatic carbocycles. The van der Waals surface area contributed by atoms with E-state index in [9.17, 15) is 0 Å². The molecule has 2 rings (SSSR count). The smallest absolute Gasteiger partial charge is 0.143 e. The molecule has 1 heterocycles. The molecule has 1 aromatic rings. The van der Waals surface area contributed by atoms with Crippen LogP contribution in [-0.4, -0.2) is 13.7 Å². The monoisotopic (exact) mass is 175 g/mol. The van der Waals surface area contributed by atoms with Crippen LogP contribution in [0.5, 0.6) is 5.75 Å². The fourth-order valence-corrected chi connectivity index (χ4v) is 1.44. The molecule has 0 radical (unpaired) electrons. The van der Waals surface area contributed by atoms with E-state index in [2.05, 4.69) is 36.6 Å².